The molecule has 0 aliphatic heterocycles. The summed E-state index contributed by atoms with van der Waals surface area (Å²) in [6.45, 7) is 8.69. The standard InChI is InChI=1S/C26H26ClNO4/c1-15-18(8-9-24(29)28-13-16-6-5-7-17(27)10-16)25(30)32-23-12-22-20(11-19(15)23)21(14-31-22)26(2,3)4/h5-7,10-12,14H,8-9,13H2,1-4H3,(H,28,29). The fourth-order valence-electron chi connectivity index (χ4n) is 3.95. The number of hydrogen-bond donors (Lipinski definition) is 1. The van der Waals surface area contributed by atoms with Crippen molar-refractivity contribution in [3.05, 3.63) is 80.4 Å². The summed E-state index contributed by atoms with van der Waals surface area (Å²) < 4.78 is 11.3. The molecule has 2 aromatic carbocycles. The maximum absolute atomic E-state index is 12.6. The first kappa shape index (κ1) is 22.2. The van der Waals surface area contributed by atoms with Gasteiger partial charge in [0.2, 0.25) is 5.91 Å². The Kier molecular flexibility index (Phi) is 5.87. The number of halogens is 1. The molecule has 4 rings (SSSR count). The van der Waals surface area contributed by atoms with Gasteiger partial charge in [-0.1, -0.05) is 44.5 Å². The van der Waals surface area contributed by atoms with Gasteiger partial charge in [-0.3, -0.25) is 4.79 Å². The summed E-state index contributed by atoms with van der Waals surface area (Å²) in [5.41, 5.74) is 4.07. The number of amides is 1. The van der Waals surface area contributed by atoms with Gasteiger partial charge in [0.05, 0.1) is 6.26 Å². The Morgan fingerprint density at radius 2 is 1.88 bits per heavy atom. The number of fused-ring (bicyclic) bond motifs is 2. The second-order valence-electron chi connectivity index (χ2n) is 9.14. The average Bonchev–Trinajstić information content (AvgIpc) is 3.14. The number of carbonyl (C=O) groups is 1. The monoisotopic (exact) mass is 451 g/mol. The van der Waals surface area contributed by atoms with Gasteiger partial charge in [-0.2, -0.15) is 0 Å². The van der Waals surface area contributed by atoms with Crippen molar-refractivity contribution in [2.75, 3.05) is 0 Å². The Morgan fingerprint density at radius 3 is 2.59 bits per heavy atom. The summed E-state index contributed by atoms with van der Waals surface area (Å²) in [7, 11) is 0. The minimum atomic E-state index is -0.417. The average molecular weight is 452 g/mol. The summed E-state index contributed by atoms with van der Waals surface area (Å²) in [6.07, 6.45) is 2.27. The molecule has 0 radical (unpaired) electrons. The van der Waals surface area contributed by atoms with Crippen LogP contribution in [0.4, 0.5) is 0 Å². The molecule has 0 unspecified atom stereocenters. The van der Waals surface area contributed by atoms with Crippen LogP contribution >= 0.6 is 11.6 Å². The van der Waals surface area contributed by atoms with Gasteiger partial charge < -0.3 is 14.2 Å². The number of furan rings is 1. The maximum atomic E-state index is 12.6. The Bertz CT molecular complexity index is 1370. The molecule has 0 spiro atoms. The van der Waals surface area contributed by atoms with E-state index in [1.165, 1.54) is 0 Å². The van der Waals surface area contributed by atoms with E-state index >= 15 is 0 Å². The molecule has 0 aliphatic rings. The van der Waals surface area contributed by atoms with Crippen molar-refractivity contribution in [1.29, 1.82) is 0 Å². The molecule has 1 amide bonds. The van der Waals surface area contributed by atoms with E-state index in [0.717, 1.165) is 27.5 Å². The lowest BCUT2D eigenvalue weighted by molar-refractivity contribution is -0.121. The van der Waals surface area contributed by atoms with E-state index in [9.17, 15) is 9.59 Å². The molecule has 0 bridgehead atoms. The highest BCUT2D eigenvalue weighted by molar-refractivity contribution is 6.30. The number of nitrogens with one attached hydrogen (secondary N) is 1. The third-order valence-corrected chi connectivity index (χ3v) is 6.01. The van der Waals surface area contributed by atoms with Crippen LogP contribution in [-0.2, 0) is 23.2 Å². The minimum absolute atomic E-state index is 0.0770. The van der Waals surface area contributed by atoms with Crippen molar-refractivity contribution >= 4 is 39.4 Å². The zero-order chi connectivity index (χ0) is 23.0. The molecule has 5 nitrogen and oxygen atoms in total. The molecule has 4 aromatic rings. The normalized spacial score (nSPS) is 11.9. The van der Waals surface area contributed by atoms with Gasteiger partial charge in [0, 0.05) is 46.0 Å². The Labute approximate surface area is 191 Å². The van der Waals surface area contributed by atoms with Gasteiger partial charge in [-0.25, -0.2) is 4.79 Å². The van der Waals surface area contributed by atoms with E-state index in [-0.39, 0.29) is 17.7 Å². The van der Waals surface area contributed by atoms with Crippen LogP contribution in [0.15, 0.2) is 56.3 Å². The second kappa shape index (κ2) is 8.47. The van der Waals surface area contributed by atoms with Crippen molar-refractivity contribution in [2.24, 2.45) is 0 Å². The Morgan fingerprint density at radius 1 is 1.09 bits per heavy atom. The van der Waals surface area contributed by atoms with Crippen molar-refractivity contribution in [1.82, 2.24) is 5.32 Å². The molecule has 0 fully saturated rings. The number of rotatable bonds is 5. The Balaban J connectivity index is 1.57. The quantitative estimate of drug-likeness (QED) is 0.375. The topological polar surface area (TPSA) is 72.5 Å². The molecule has 0 atom stereocenters. The van der Waals surface area contributed by atoms with Crippen molar-refractivity contribution in [2.45, 2.75) is 52.5 Å². The molecule has 6 heteroatoms. The van der Waals surface area contributed by atoms with Crippen LogP contribution in [0.3, 0.4) is 0 Å². The molecule has 2 aromatic heterocycles. The van der Waals surface area contributed by atoms with E-state index in [0.29, 0.717) is 34.7 Å². The lowest BCUT2D eigenvalue weighted by Crippen LogP contribution is -2.24. The highest BCUT2D eigenvalue weighted by atomic mass is 35.5. The van der Waals surface area contributed by atoms with Gasteiger partial charge in [0.1, 0.15) is 11.2 Å². The summed E-state index contributed by atoms with van der Waals surface area (Å²) >= 11 is 5.98. The third-order valence-electron chi connectivity index (χ3n) is 5.77. The van der Waals surface area contributed by atoms with E-state index < -0.39 is 5.63 Å². The molecule has 0 aliphatic carbocycles. The molecular weight excluding hydrogens is 426 g/mol. The highest BCUT2D eigenvalue weighted by Crippen LogP contribution is 2.35. The molecule has 166 valence electrons. The van der Waals surface area contributed by atoms with Crippen LogP contribution in [0.1, 0.15) is 49.4 Å². The maximum Gasteiger partial charge on any atom is 0.339 e. The summed E-state index contributed by atoms with van der Waals surface area (Å²) in [6, 6.07) is 11.1. The molecule has 0 saturated heterocycles. The van der Waals surface area contributed by atoms with E-state index in [2.05, 4.69) is 26.1 Å². The third kappa shape index (κ3) is 4.44. The molecule has 0 saturated carbocycles. The zero-order valence-corrected chi connectivity index (χ0v) is 19.4. The van der Waals surface area contributed by atoms with E-state index in [4.69, 9.17) is 20.4 Å². The number of carbonyl (C=O) groups excluding carboxylic acids is 1. The van der Waals surface area contributed by atoms with Gasteiger partial charge in [0.25, 0.3) is 0 Å². The van der Waals surface area contributed by atoms with Crippen LogP contribution < -0.4 is 10.9 Å². The number of hydrogen-bond acceptors (Lipinski definition) is 4. The first-order chi connectivity index (χ1) is 15.1. The highest BCUT2D eigenvalue weighted by Gasteiger charge is 2.21. The van der Waals surface area contributed by atoms with E-state index in [1.54, 1.807) is 18.4 Å². The van der Waals surface area contributed by atoms with Crippen LogP contribution in [0.2, 0.25) is 5.02 Å². The minimum Gasteiger partial charge on any atom is -0.464 e. The fraction of sp³-hybridized carbons (Fsp3) is 0.308. The smallest absolute Gasteiger partial charge is 0.339 e. The fourth-order valence-corrected chi connectivity index (χ4v) is 4.17. The molecular formula is C26H26ClNO4. The Hall–Kier alpha value is -3.05. The SMILES string of the molecule is Cc1c(CCC(=O)NCc2cccc(Cl)c2)c(=O)oc2cc3occ(C(C)(C)C)c3cc12. The summed E-state index contributed by atoms with van der Waals surface area (Å²) in [5.74, 6) is -0.135. The summed E-state index contributed by atoms with van der Waals surface area (Å²) in [4.78, 5) is 25.0. The number of aryl methyl sites for hydroxylation is 1. The van der Waals surface area contributed by atoms with Crippen LogP contribution in [0.5, 0.6) is 0 Å². The van der Waals surface area contributed by atoms with Gasteiger partial charge in [-0.15, -0.1) is 0 Å². The van der Waals surface area contributed by atoms with Crippen molar-refractivity contribution < 1.29 is 13.6 Å². The van der Waals surface area contributed by atoms with Gasteiger partial charge in [-0.05, 0) is 48.1 Å². The molecule has 32 heavy (non-hydrogen) atoms. The van der Waals surface area contributed by atoms with Crippen molar-refractivity contribution in [3.63, 3.8) is 0 Å². The zero-order valence-electron chi connectivity index (χ0n) is 18.7. The lowest BCUT2D eigenvalue weighted by atomic mass is 9.86. The first-order valence-electron chi connectivity index (χ1n) is 10.6. The van der Waals surface area contributed by atoms with Gasteiger partial charge >= 0.3 is 5.63 Å². The van der Waals surface area contributed by atoms with Gasteiger partial charge in [0.15, 0.2) is 0 Å². The lowest BCUT2D eigenvalue weighted by Gasteiger charge is -2.16. The van der Waals surface area contributed by atoms with Crippen molar-refractivity contribution in [3.8, 4) is 0 Å². The van der Waals surface area contributed by atoms with Crippen LogP contribution in [0.25, 0.3) is 21.9 Å². The van der Waals surface area contributed by atoms with Crippen LogP contribution in [0, 0.1) is 6.92 Å². The largest absolute Gasteiger partial charge is 0.464 e. The predicted molar refractivity (Wildman–Crippen MR) is 127 cm³/mol. The van der Waals surface area contributed by atoms with Crippen LogP contribution in [-0.4, -0.2) is 5.91 Å². The first-order valence-corrected chi connectivity index (χ1v) is 11.0. The van der Waals surface area contributed by atoms with E-state index in [1.807, 2.05) is 31.2 Å². The number of benzene rings is 2. The summed E-state index contributed by atoms with van der Waals surface area (Å²) in [5, 5.41) is 5.37. The molecule has 2 heterocycles. The second-order valence-corrected chi connectivity index (χ2v) is 9.58. The molecule has 1 N–H and O–H groups in total. The predicted octanol–water partition coefficient (Wildman–Crippen LogP) is 6.05.